The van der Waals surface area contributed by atoms with E-state index in [-0.39, 0.29) is 5.91 Å². The zero-order valence-electron chi connectivity index (χ0n) is 9.46. The number of nitrogens with two attached hydrogens (primary N) is 1. The van der Waals surface area contributed by atoms with Gasteiger partial charge in [0.15, 0.2) is 0 Å². The van der Waals surface area contributed by atoms with Gasteiger partial charge in [-0.3, -0.25) is 10.2 Å². The molecule has 0 fully saturated rings. The fraction of sp³-hybridized carbons (Fsp3) is 0.900. The van der Waals surface area contributed by atoms with Crippen molar-refractivity contribution in [1.29, 1.82) is 0 Å². The highest BCUT2D eigenvalue weighted by molar-refractivity contribution is 7.99. The monoisotopic (exact) mass is 234 g/mol. The van der Waals surface area contributed by atoms with Gasteiger partial charge in [0.2, 0.25) is 5.91 Å². The molecule has 0 aliphatic heterocycles. The van der Waals surface area contributed by atoms with Gasteiger partial charge in [-0.25, -0.2) is 5.84 Å². The van der Waals surface area contributed by atoms with Crippen molar-refractivity contribution in [3.8, 4) is 0 Å². The lowest BCUT2D eigenvalue weighted by molar-refractivity contribution is -0.121. The number of hydrazine groups is 1. The van der Waals surface area contributed by atoms with E-state index in [0.717, 1.165) is 31.6 Å². The van der Waals surface area contributed by atoms with Crippen molar-refractivity contribution in [2.45, 2.75) is 32.1 Å². The molecule has 0 aliphatic rings. The van der Waals surface area contributed by atoms with E-state index < -0.39 is 0 Å². The Balaban J connectivity index is 2.95. The lowest BCUT2D eigenvalue weighted by Crippen LogP contribution is -2.29. The Morgan fingerprint density at radius 3 is 2.67 bits per heavy atom. The molecule has 1 amide bonds. The average Bonchev–Trinajstić information content (AvgIpc) is 2.26. The van der Waals surface area contributed by atoms with Gasteiger partial charge in [0.1, 0.15) is 0 Å². The quantitative estimate of drug-likeness (QED) is 0.259. The number of ether oxygens (including phenoxy) is 1. The predicted octanol–water partition coefficient (Wildman–Crippen LogP) is 1.31. The van der Waals surface area contributed by atoms with Crippen LogP contribution in [0, 0.1) is 0 Å². The van der Waals surface area contributed by atoms with E-state index in [1.165, 1.54) is 12.2 Å². The van der Waals surface area contributed by atoms with Crippen LogP contribution in [0.5, 0.6) is 0 Å². The molecule has 0 saturated heterocycles. The molecule has 15 heavy (non-hydrogen) atoms. The zero-order valence-corrected chi connectivity index (χ0v) is 10.3. The van der Waals surface area contributed by atoms with Crippen LogP contribution in [0.1, 0.15) is 32.1 Å². The Morgan fingerprint density at radius 1 is 1.27 bits per heavy atom. The summed E-state index contributed by atoms with van der Waals surface area (Å²) in [6.07, 6.45) is 4.88. The summed E-state index contributed by atoms with van der Waals surface area (Å²) in [6, 6.07) is 0. The van der Waals surface area contributed by atoms with Gasteiger partial charge in [0.25, 0.3) is 0 Å². The molecule has 0 aromatic heterocycles. The highest BCUT2D eigenvalue weighted by Crippen LogP contribution is 2.08. The number of amides is 1. The van der Waals surface area contributed by atoms with Crippen molar-refractivity contribution in [2.24, 2.45) is 5.84 Å². The van der Waals surface area contributed by atoms with Gasteiger partial charge in [0.05, 0.1) is 0 Å². The molecule has 0 rings (SSSR count). The maximum atomic E-state index is 10.8. The first-order chi connectivity index (χ1) is 7.31. The maximum Gasteiger partial charge on any atom is 0.233 e. The molecule has 0 saturated carbocycles. The molecular formula is C10H22N2O2S. The van der Waals surface area contributed by atoms with Gasteiger partial charge in [-0.15, -0.1) is 0 Å². The van der Waals surface area contributed by atoms with Crippen molar-refractivity contribution in [1.82, 2.24) is 5.43 Å². The molecule has 0 unspecified atom stereocenters. The van der Waals surface area contributed by atoms with E-state index in [1.807, 2.05) is 11.8 Å². The SMILES string of the molecule is COCCCSCCCCCC(=O)NN. The third kappa shape index (κ3) is 11.7. The second-order valence-electron chi connectivity index (χ2n) is 3.34. The average molecular weight is 234 g/mol. The summed E-state index contributed by atoms with van der Waals surface area (Å²) >= 11 is 1.95. The van der Waals surface area contributed by atoms with Crippen LogP contribution in [0.4, 0.5) is 0 Å². The third-order valence-corrected chi connectivity index (χ3v) is 3.15. The predicted molar refractivity (Wildman–Crippen MR) is 64.6 cm³/mol. The molecule has 0 radical (unpaired) electrons. The largest absolute Gasteiger partial charge is 0.385 e. The van der Waals surface area contributed by atoms with E-state index in [2.05, 4.69) is 5.43 Å². The summed E-state index contributed by atoms with van der Waals surface area (Å²) in [5.74, 6) is 7.24. The number of nitrogens with one attached hydrogen (secondary N) is 1. The van der Waals surface area contributed by atoms with E-state index in [9.17, 15) is 4.79 Å². The van der Waals surface area contributed by atoms with Gasteiger partial charge < -0.3 is 4.74 Å². The minimum absolute atomic E-state index is 0.0669. The fourth-order valence-electron chi connectivity index (χ4n) is 1.15. The second kappa shape index (κ2) is 11.8. The number of hydrogen-bond acceptors (Lipinski definition) is 4. The van der Waals surface area contributed by atoms with Crippen molar-refractivity contribution in [3.63, 3.8) is 0 Å². The van der Waals surface area contributed by atoms with Crippen molar-refractivity contribution in [2.75, 3.05) is 25.2 Å². The Kier molecular flexibility index (Phi) is 11.6. The van der Waals surface area contributed by atoms with Crippen LogP contribution in [0.15, 0.2) is 0 Å². The van der Waals surface area contributed by atoms with Crippen LogP contribution in [0.3, 0.4) is 0 Å². The summed E-state index contributed by atoms with van der Waals surface area (Å²) in [5.41, 5.74) is 2.13. The summed E-state index contributed by atoms with van der Waals surface area (Å²) in [6.45, 7) is 0.851. The Labute approximate surface area is 96.3 Å². The van der Waals surface area contributed by atoms with Gasteiger partial charge in [-0.2, -0.15) is 11.8 Å². The molecule has 4 nitrogen and oxygen atoms in total. The Morgan fingerprint density at radius 2 is 2.00 bits per heavy atom. The molecular weight excluding hydrogens is 212 g/mol. The van der Waals surface area contributed by atoms with Gasteiger partial charge >= 0.3 is 0 Å². The molecule has 0 aromatic carbocycles. The molecule has 90 valence electrons. The number of methoxy groups -OCH3 is 1. The summed E-state index contributed by atoms with van der Waals surface area (Å²) in [7, 11) is 1.73. The van der Waals surface area contributed by atoms with Crippen LogP contribution in [0.25, 0.3) is 0 Å². The lowest BCUT2D eigenvalue weighted by atomic mass is 10.2. The first-order valence-electron chi connectivity index (χ1n) is 5.37. The van der Waals surface area contributed by atoms with Crippen LogP contribution in [0.2, 0.25) is 0 Å². The molecule has 0 aliphatic carbocycles. The topological polar surface area (TPSA) is 64.3 Å². The van der Waals surface area contributed by atoms with Crippen molar-refractivity contribution >= 4 is 17.7 Å². The molecule has 0 spiro atoms. The minimum atomic E-state index is -0.0669. The zero-order chi connectivity index (χ0) is 11.4. The van der Waals surface area contributed by atoms with Gasteiger partial charge in [-0.1, -0.05) is 6.42 Å². The van der Waals surface area contributed by atoms with Crippen LogP contribution >= 0.6 is 11.8 Å². The third-order valence-electron chi connectivity index (χ3n) is 1.99. The standard InChI is InChI=1S/C10H22N2O2S/c1-14-7-5-9-15-8-4-2-3-6-10(13)12-11/h2-9,11H2,1H3,(H,12,13). The fourth-order valence-corrected chi connectivity index (χ4v) is 2.08. The normalized spacial score (nSPS) is 10.3. The number of carbonyl (C=O) groups is 1. The highest BCUT2D eigenvalue weighted by atomic mass is 32.2. The van der Waals surface area contributed by atoms with E-state index in [4.69, 9.17) is 10.6 Å². The lowest BCUT2D eigenvalue weighted by Gasteiger charge is -2.01. The van der Waals surface area contributed by atoms with E-state index in [1.54, 1.807) is 7.11 Å². The summed E-state index contributed by atoms with van der Waals surface area (Å²) in [4.78, 5) is 10.8. The smallest absolute Gasteiger partial charge is 0.233 e. The first kappa shape index (κ1) is 14.7. The molecule has 0 bridgehead atoms. The number of thioether (sulfide) groups is 1. The number of hydrogen-bond donors (Lipinski definition) is 2. The summed E-state index contributed by atoms with van der Waals surface area (Å²) in [5, 5.41) is 0. The maximum absolute atomic E-state index is 10.8. The Hall–Kier alpha value is -0.260. The van der Waals surface area contributed by atoms with E-state index >= 15 is 0 Å². The van der Waals surface area contributed by atoms with Gasteiger partial charge in [-0.05, 0) is 30.8 Å². The number of unbranched alkanes of at least 4 members (excludes halogenated alkanes) is 2. The molecule has 5 heteroatoms. The Bertz CT molecular complexity index is 156. The molecule has 3 N–H and O–H groups in total. The first-order valence-corrected chi connectivity index (χ1v) is 6.53. The van der Waals surface area contributed by atoms with Crippen molar-refractivity contribution < 1.29 is 9.53 Å². The highest BCUT2D eigenvalue weighted by Gasteiger charge is 1.97. The van der Waals surface area contributed by atoms with Crippen LogP contribution in [-0.4, -0.2) is 31.1 Å². The molecule has 0 atom stereocenters. The van der Waals surface area contributed by atoms with Crippen molar-refractivity contribution in [3.05, 3.63) is 0 Å². The van der Waals surface area contributed by atoms with E-state index in [0.29, 0.717) is 6.42 Å². The molecule has 0 heterocycles. The van der Waals surface area contributed by atoms with Crippen LogP contribution in [-0.2, 0) is 9.53 Å². The minimum Gasteiger partial charge on any atom is -0.385 e. The number of carbonyl (C=O) groups excluding carboxylic acids is 1. The summed E-state index contributed by atoms with van der Waals surface area (Å²) < 4.78 is 4.96. The second-order valence-corrected chi connectivity index (χ2v) is 4.56. The van der Waals surface area contributed by atoms with Gasteiger partial charge in [0, 0.05) is 20.1 Å². The molecule has 0 aromatic rings. The number of rotatable bonds is 10. The van der Waals surface area contributed by atoms with Crippen LogP contribution < -0.4 is 11.3 Å².